The summed E-state index contributed by atoms with van der Waals surface area (Å²) in [7, 11) is 2.04. The molecule has 0 saturated carbocycles. The molecule has 3 heterocycles. The quantitative estimate of drug-likeness (QED) is 0.506. The smallest absolute Gasteiger partial charge is 0.311 e. The summed E-state index contributed by atoms with van der Waals surface area (Å²) in [6, 6.07) is 10.4. The molecule has 0 spiro atoms. The Kier molecular flexibility index (Phi) is 5.41. The third-order valence-electron chi connectivity index (χ3n) is 5.14. The van der Waals surface area contributed by atoms with Crippen LogP contribution in [0.15, 0.2) is 42.7 Å². The number of hydrogen-bond donors (Lipinski definition) is 1. The van der Waals surface area contributed by atoms with Crippen molar-refractivity contribution in [2.45, 2.75) is 18.9 Å². The number of ether oxygens (including phenoxy) is 1. The molecule has 1 N–H and O–H groups in total. The Balaban J connectivity index is 1.78. The zero-order valence-corrected chi connectivity index (χ0v) is 16.4. The number of fused-ring (bicyclic) bond motifs is 1. The second kappa shape index (κ2) is 8.31. The van der Waals surface area contributed by atoms with E-state index in [1.165, 1.54) is 12.3 Å². The molecule has 0 unspecified atom stereocenters. The van der Waals surface area contributed by atoms with Crippen LogP contribution in [-0.2, 0) is 0 Å². The van der Waals surface area contributed by atoms with E-state index >= 15 is 0 Å². The summed E-state index contributed by atoms with van der Waals surface area (Å²) in [5.41, 5.74) is 1.05. The number of rotatable bonds is 5. The van der Waals surface area contributed by atoms with Gasteiger partial charge in [-0.1, -0.05) is 6.07 Å². The minimum atomic E-state index is -0.465. The minimum Gasteiger partial charge on any atom is -0.483 e. The van der Waals surface area contributed by atoms with E-state index in [9.17, 15) is 15.4 Å². The van der Waals surface area contributed by atoms with Crippen LogP contribution in [0.5, 0.6) is 5.75 Å². The fourth-order valence-electron chi connectivity index (χ4n) is 3.51. The number of aromatic nitrogens is 2. The molecular weight excluding hydrogens is 384 g/mol. The van der Waals surface area contributed by atoms with Gasteiger partial charge < -0.3 is 15.0 Å². The first-order valence-electron chi connectivity index (χ1n) is 9.59. The minimum absolute atomic E-state index is 0.0816. The fraction of sp³-hybridized carbons (Fsp3) is 0.286. The van der Waals surface area contributed by atoms with Crippen LogP contribution in [0.25, 0.3) is 10.9 Å². The zero-order valence-electron chi connectivity index (χ0n) is 16.4. The Hall–Kier alpha value is -3.77. The predicted molar refractivity (Wildman–Crippen MR) is 112 cm³/mol. The molecule has 0 bridgehead atoms. The van der Waals surface area contributed by atoms with Gasteiger partial charge in [-0.25, -0.2) is 4.98 Å². The van der Waals surface area contributed by atoms with Gasteiger partial charge in [0.15, 0.2) is 5.75 Å². The van der Waals surface area contributed by atoms with Crippen LogP contribution in [0, 0.1) is 21.4 Å². The van der Waals surface area contributed by atoms with Gasteiger partial charge in [-0.15, -0.1) is 0 Å². The van der Waals surface area contributed by atoms with Crippen molar-refractivity contribution in [3.05, 3.63) is 58.4 Å². The van der Waals surface area contributed by atoms with Crippen LogP contribution in [0.2, 0.25) is 0 Å². The highest BCUT2D eigenvalue weighted by atomic mass is 16.6. The Morgan fingerprint density at radius 3 is 2.77 bits per heavy atom. The first kappa shape index (κ1) is 19.5. The molecule has 2 aromatic heterocycles. The largest absolute Gasteiger partial charge is 0.483 e. The van der Waals surface area contributed by atoms with Crippen molar-refractivity contribution in [3.8, 4) is 11.8 Å². The molecule has 1 aliphatic rings. The summed E-state index contributed by atoms with van der Waals surface area (Å²) < 4.78 is 6.01. The maximum Gasteiger partial charge on any atom is 0.311 e. The van der Waals surface area contributed by atoms with Crippen molar-refractivity contribution in [2.75, 3.05) is 25.5 Å². The van der Waals surface area contributed by atoms with Crippen LogP contribution in [0.4, 0.5) is 17.2 Å². The number of piperidine rings is 1. The van der Waals surface area contributed by atoms with Crippen LogP contribution >= 0.6 is 0 Å². The number of benzene rings is 1. The van der Waals surface area contributed by atoms with Crippen molar-refractivity contribution in [1.29, 1.82) is 5.26 Å². The molecule has 0 aliphatic carbocycles. The van der Waals surface area contributed by atoms with E-state index in [0.29, 0.717) is 22.4 Å². The molecule has 152 valence electrons. The average Bonchev–Trinajstić information content (AvgIpc) is 2.75. The van der Waals surface area contributed by atoms with E-state index in [2.05, 4.69) is 26.3 Å². The molecule has 1 saturated heterocycles. The molecule has 9 nitrogen and oxygen atoms in total. The van der Waals surface area contributed by atoms with Crippen molar-refractivity contribution >= 4 is 28.1 Å². The van der Waals surface area contributed by atoms with Crippen LogP contribution in [0.3, 0.4) is 0 Å². The molecule has 1 fully saturated rings. The topological polar surface area (TPSA) is 117 Å². The normalized spacial score (nSPS) is 14.9. The molecule has 30 heavy (non-hydrogen) atoms. The molecule has 0 atom stereocenters. The van der Waals surface area contributed by atoms with Gasteiger partial charge in [0.25, 0.3) is 0 Å². The second-order valence-electron chi connectivity index (χ2n) is 7.21. The lowest BCUT2D eigenvalue weighted by Gasteiger charge is -2.29. The Morgan fingerprint density at radius 2 is 2.10 bits per heavy atom. The number of nitro groups is 1. The fourth-order valence-corrected chi connectivity index (χ4v) is 3.51. The standard InChI is InChI=1S/C21H20N6O3/c1-26-8-5-15(6-9-26)30-19-11-17-16(10-18(19)27(28)29)21(14(12-22)13-24-17)25-20-4-2-3-7-23-20/h2-4,7,10-11,13,15H,5-6,8-9H2,1H3,(H,23,24,25). The van der Waals surface area contributed by atoms with Crippen molar-refractivity contribution in [1.82, 2.24) is 14.9 Å². The van der Waals surface area contributed by atoms with E-state index in [4.69, 9.17) is 4.74 Å². The highest BCUT2D eigenvalue weighted by molar-refractivity contribution is 5.98. The van der Waals surface area contributed by atoms with Gasteiger partial charge >= 0.3 is 5.69 Å². The van der Waals surface area contributed by atoms with E-state index in [1.807, 2.05) is 7.05 Å². The molecule has 1 aliphatic heterocycles. The van der Waals surface area contributed by atoms with Crippen molar-refractivity contribution < 1.29 is 9.66 Å². The van der Waals surface area contributed by atoms with Gasteiger partial charge in [0, 0.05) is 43.0 Å². The van der Waals surface area contributed by atoms with Gasteiger partial charge in [-0.2, -0.15) is 5.26 Å². The lowest BCUT2D eigenvalue weighted by molar-refractivity contribution is -0.386. The van der Waals surface area contributed by atoms with E-state index < -0.39 is 4.92 Å². The maximum atomic E-state index is 11.8. The maximum absolute atomic E-state index is 11.8. The highest BCUT2D eigenvalue weighted by Gasteiger charge is 2.25. The summed E-state index contributed by atoms with van der Waals surface area (Å²) in [5.74, 6) is 0.721. The lowest BCUT2D eigenvalue weighted by Crippen LogP contribution is -2.35. The third kappa shape index (κ3) is 3.99. The molecule has 0 amide bonds. The molecule has 4 rings (SSSR count). The van der Waals surface area contributed by atoms with Crippen molar-refractivity contribution in [3.63, 3.8) is 0 Å². The number of nitriles is 1. The number of nitro benzene ring substituents is 1. The summed E-state index contributed by atoms with van der Waals surface area (Å²) in [6.07, 6.45) is 4.59. The number of nitrogens with zero attached hydrogens (tertiary/aromatic N) is 5. The van der Waals surface area contributed by atoms with Crippen molar-refractivity contribution in [2.24, 2.45) is 0 Å². The monoisotopic (exact) mass is 404 g/mol. The number of nitrogens with one attached hydrogen (secondary N) is 1. The Labute approximate surface area is 173 Å². The van der Waals surface area contributed by atoms with Crippen LogP contribution < -0.4 is 10.1 Å². The third-order valence-corrected chi connectivity index (χ3v) is 5.14. The first-order valence-corrected chi connectivity index (χ1v) is 9.59. The van der Waals surface area contributed by atoms with Crippen LogP contribution in [-0.4, -0.2) is 46.0 Å². The molecule has 0 radical (unpaired) electrons. The van der Waals surface area contributed by atoms with Crippen LogP contribution in [0.1, 0.15) is 18.4 Å². The molecular formula is C21H20N6O3. The molecule has 3 aromatic rings. The number of hydrogen-bond acceptors (Lipinski definition) is 8. The average molecular weight is 404 g/mol. The predicted octanol–water partition coefficient (Wildman–Crippen LogP) is 3.63. The Morgan fingerprint density at radius 1 is 1.30 bits per heavy atom. The van der Waals surface area contributed by atoms with Gasteiger partial charge in [-0.3, -0.25) is 15.1 Å². The van der Waals surface area contributed by atoms with E-state index in [0.717, 1.165) is 25.9 Å². The zero-order chi connectivity index (χ0) is 21.1. The molecule has 9 heteroatoms. The van der Waals surface area contributed by atoms with Gasteiger partial charge in [0.2, 0.25) is 0 Å². The summed E-state index contributed by atoms with van der Waals surface area (Å²) >= 11 is 0. The highest BCUT2D eigenvalue weighted by Crippen LogP contribution is 2.37. The molecule has 1 aromatic carbocycles. The second-order valence-corrected chi connectivity index (χ2v) is 7.21. The number of pyridine rings is 2. The van der Waals surface area contributed by atoms with Gasteiger partial charge in [0.05, 0.1) is 21.7 Å². The SMILES string of the molecule is CN1CCC(Oc2cc3ncc(C#N)c(Nc4ccccn4)c3cc2[N+](=O)[O-])CC1. The van der Waals surface area contributed by atoms with E-state index in [-0.39, 0.29) is 23.1 Å². The lowest BCUT2D eigenvalue weighted by atomic mass is 10.1. The Bertz CT molecular complexity index is 1120. The summed E-state index contributed by atoms with van der Waals surface area (Å²) in [5, 5.41) is 24.9. The number of likely N-dealkylation sites (tertiary alicyclic amines) is 1. The van der Waals surface area contributed by atoms with E-state index in [1.54, 1.807) is 30.5 Å². The summed E-state index contributed by atoms with van der Waals surface area (Å²) in [6.45, 7) is 1.77. The van der Waals surface area contributed by atoms with Gasteiger partial charge in [0.1, 0.15) is 18.0 Å². The van der Waals surface area contributed by atoms with Gasteiger partial charge in [-0.05, 0) is 32.0 Å². The first-order chi connectivity index (χ1) is 14.5. The number of anilines is 2. The summed E-state index contributed by atoms with van der Waals surface area (Å²) in [4.78, 5) is 22.1.